The molecule has 0 saturated carbocycles. The van der Waals surface area contributed by atoms with E-state index >= 15 is 0 Å². The third-order valence-electron chi connectivity index (χ3n) is 2.58. The van der Waals surface area contributed by atoms with Crippen molar-refractivity contribution < 1.29 is 0 Å². The van der Waals surface area contributed by atoms with Crippen molar-refractivity contribution in [3.63, 3.8) is 0 Å². The molecule has 0 bridgehead atoms. The van der Waals surface area contributed by atoms with Gasteiger partial charge in [-0.15, -0.1) is 0 Å². The van der Waals surface area contributed by atoms with Crippen molar-refractivity contribution in [1.29, 1.82) is 0 Å². The van der Waals surface area contributed by atoms with Crippen LogP contribution in [-0.4, -0.2) is 15.0 Å². The Kier molecular flexibility index (Phi) is 4.61. The molecule has 0 saturated heterocycles. The van der Waals surface area contributed by atoms with Crippen LogP contribution < -0.4 is 5.73 Å². The average molecular weight is 295 g/mol. The van der Waals surface area contributed by atoms with Crippen molar-refractivity contribution in [1.82, 2.24) is 15.0 Å². The molecule has 2 aromatic rings. The summed E-state index contributed by atoms with van der Waals surface area (Å²) in [6.45, 7) is 4.16. The van der Waals surface area contributed by atoms with Crippen LogP contribution in [-0.2, 0) is 0 Å². The molecule has 0 radical (unpaired) electrons. The highest BCUT2D eigenvalue weighted by molar-refractivity contribution is 7.99. The quantitative estimate of drug-likeness (QED) is 0.529. The number of rotatable bonds is 4. The van der Waals surface area contributed by atoms with E-state index in [1.165, 1.54) is 23.4 Å². The van der Waals surface area contributed by atoms with Gasteiger partial charge in [-0.05, 0) is 31.0 Å². The minimum atomic E-state index is 0.192. The first-order valence-corrected chi connectivity index (χ1v) is 7.23. The number of pyridine rings is 1. The van der Waals surface area contributed by atoms with Gasteiger partial charge in [-0.3, -0.25) is 4.98 Å². The van der Waals surface area contributed by atoms with Gasteiger partial charge < -0.3 is 5.73 Å². The summed E-state index contributed by atoms with van der Waals surface area (Å²) in [6.07, 6.45) is 2.75. The molecular weight excluding hydrogens is 280 g/mol. The van der Waals surface area contributed by atoms with Crippen LogP contribution in [0.4, 0.5) is 5.82 Å². The Morgan fingerprint density at radius 2 is 2.16 bits per heavy atom. The standard InChI is InChI=1S/C13H15ClN4S/c1-3-10(9-6-8(2)4-5-16-9)19-13-17-11(14)7-12(15)18-13/h4-7,10H,3H2,1-2H3,(H2,15,17,18). The van der Waals surface area contributed by atoms with Crippen molar-refractivity contribution in [2.75, 3.05) is 5.73 Å². The highest BCUT2D eigenvalue weighted by Crippen LogP contribution is 2.35. The van der Waals surface area contributed by atoms with Gasteiger partial charge in [0, 0.05) is 12.3 Å². The molecular formula is C13H15ClN4S. The van der Waals surface area contributed by atoms with E-state index < -0.39 is 0 Å². The van der Waals surface area contributed by atoms with Gasteiger partial charge in [0.25, 0.3) is 0 Å². The largest absolute Gasteiger partial charge is 0.384 e. The van der Waals surface area contributed by atoms with Crippen LogP contribution in [0.3, 0.4) is 0 Å². The minimum Gasteiger partial charge on any atom is -0.384 e. The summed E-state index contributed by atoms with van der Waals surface area (Å²) in [5.74, 6) is 0.384. The SMILES string of the molecule is CCC(Sc1nc(N)cc(Cl)n1)c1cc(C)ccn1. The van der Waals surface area contributed by atoms with Crippen molar-refractivity contribution >= 4 is 29.2 Å². The van der Waals surface area contributed by atoms with Crippen molar-refractivity contribution in [2.45, 2.75) is 30.7 Å². The summed E-state index contributed by atoms with van der Waals surface area (Å²) in [7, 11) is 0. The van der Waals surface area contributed by atoms with E-state index in [9.17, 15) is 0 Å². The van der Waals surface area contributed by atoms with E-state index in [4.69, 9.17) is 17.3 Å². The number of hydrogen-bond acceptors (Lipinski definition) is 5. The zero-order valence-electron chi connectivity index (χ0n) is 10.8. The van der Waals surface area contributed by atoms with Crippen LogP contribution in [0.25, 0.3) is 0 Å². The third kappa shape index (κ3) is 3.81. The molecule has 19 heavy (non-hydrogen) atoms. The zero-order valence-corrected chi connectivity index (χ0v) is 12.4. The average Bonchev–Trinajstić information content (AvgIpc) is 2.34. The number of halogens is 1. The van der Waals surface area contributed by atoms with E-state index in [0.29, 0.717) is 16.1 Å². The molecule has 0 aromatic carbocycles. The fraction of sp³-hybridized carbons (Fsp3) is 0.308. The molecule has 0 aliphatic rings. The normalized spacial score (nSPS) is 12.4. The molecule has 2 N–H and O–H groups in total. The van der Waals surface area contributed by atoms with Crippen LogP contribution in [0.15, 0.2) is 29.6 Å². The maximum atomic E-state index is 5.89. The Hall–Kier alpha value is -1.33. The highest BCUT2D eigenvalue weighted by Gasteiger charge is 2.15. The number of hydrogen-bond donors (Lipinski definition) is 1. The predicted molar refractivity (Wildman–Crippen MR) is 79.3 cm³/mol. The summed E-state index contributed by atoms with van der Waals surface area (Å²) < 4.78 is 0. The lowest BCUT2D eigenvalue weighted by atomic mass is 10.2. The number of aromatic nitrogens is 3. The van der Waals surface area contributed by atoms with Crippen LogP contribution in [0.5, 0.6) is 0 Å². The van der Waals surface area contributed by atoms with Gasteiger partial charge in [0.1, 0.15) is 11.0 Å². The Morgan fingerprint density at radius 1 is 1.37 bits per heavy atom. The fourth-order valence-electron chi connectivity index (χ4n) is 1.68. The summed E-state index contributed by atoms with van der Waals surface area (Å²) in [4.78, 5) is 12.8. The lowest BCUT2D eigenvalue weighted by Gasteiger charge is -2.13. The number of nitrogens with zero attached hydrogens (tertiary/aromatic N) is 3. The number of thioether (sulfide) groups is 1. The van der Waals surface area contributed by atoms with E-state index in [1.807, 2.05) is 12.3 Å². The molecule has 0 aliphatic heterocycles. The number of nitrogens with two attached hydrogens (primary N) is 1. The Balaban J connectivity index is 2.23. The van der Waals surface area contributed by atoms with Gasteiger partial charge in [0.2, 0.25) is 0 Å². The summed E-state index contributed by atoms with van der Waals surface area (Å²) in [5, 5.41) is 1.14. The lowest BCUT2D eigenvalue weighted by Crippen LogP contribution is -2.00. The minimum absolute atomic E-state index is 0.192. The van der Waals surface area contributed by atoms with Crippen molar-refractivity contribution in [2.24, 2.45) is 0 Å². The van der Waals surface area contributed by atoms with E-state index in [1.54, 1.807) is 0 Å². The van der Waals surface area contributed by atoms with E-state index in [0.717, 1.165) is 12.1 Å². The molecule has 6 heteroatoms. The van der Waals surface area contributed by atoms with Gasteiger partial charge in [-0.1, -0.05) is 30.3 Å². The number of anilines is 1. The molecule has 4 nitrogen and oxygen atoms in total. The molecule has 0 aliphatic carbocycles. The molecule has 0 amide bonds. The maximum Gasteiger partial charge on any atom is 0.191 e. The first-order chi connectivity index (χ1) is 9.08. The molecule has 2 heterocycles. The molecule has 2 rings (SSSR count). The second-order valence-electron chi connectivity index (χ2n) is 4.17. The van der Waals surface area contributed by atoms with Crippen LogP contribution in [0.2, 0.25) is 5.15 Å². The summed E-state index contributed by atoms with van der Waals surface area (Å²) >= 11 is 7.42. The van der Waals surface area contributed by atoms with Gasteiger partial charge in [-0.2, -0.15) is 0 Å². The van der Waals surface area contributed by atoms with Gasteiger partial charge >= 0.3 is 0 Å². The topological polar surface area (TPSA) is 64.7 Å². The van der Waals surface area contributed by atoms with Gasteiger partial charge in [-0.25, -0.2) is 9.97 Å². The second kappa shape index (κ2) is 6.21. The highest BCUT2D eigenvalue weighted by atomic mass is 35.5. The third-order valence-corrected chi connectivity index (χ3v) is 4.03. The fourth-order valence-corrected chi connectivity index (χ4v) is 2.90. The molecule has 0 spiro atoms. The monoisotopic (exact) mass is 294 g/mol. The van der Waals surface area contributed by atoms with Crippen LogP contribution >= 0.6 is 23.4 Å². The summed E-state index contributed by atoms with van der Waals surface area (Å²) in [6, 6.07) is 5.60. The zero-order chi connectivity index (χ0) is 13.8. The first kappa shape index (κ1) is 14.1. The Morgan fingerprint density at radius 3 is 2.79 bits per heavy atom. The van der Waals surface area contributed by atoms with Gasteiger partial charge in [0.05, 0.1) is 10.9 Å². The molecule has 1 unspecified atom stereocenters. The summed E-state index contributed by atoms with van der Waals surface area (Å²) in [5.41, 5.74) is 7.89. The lowest BCUT2D eigenvalue weighted by molar-refractivity contribution is 0.844. The molecule has 0 fully saturated rings. The van der Waals surface area contributed by atoms with Gasteiger partial charge in [0.15, 0.2) is 5.16 Å². The van der Waals surface area contributed by atoms with E-state index in [2.05, 4.69) is 34.9 Å². The Bertz CT molecular complexity index is 556. The Labute approximate surface area is 121 Å². The van der Waals surface area contributed by atoms with Crippen LogP contribution in [0, 0.1) is 6.92 Å². The maximum absolute atomic E-state index is 5.89. The number of nitrogen functional groups attached to an aromatic ring is 1. The second-order valence-corrected chi connectivity index (χ2v) is 5.73. The molecule has 2 aromatic heterocycles. The predicted octanol–water partition coefficient (Wildman–Crippen LogP) is 3.66. The first-order valence-electron chi connectivity index (χ1n) is 5.97. The van der Waals surface area contributed by atoms with Crippen molar-refractivity contribution in [3.8, 4) is 0 Å². The smallest absolute Gasteiger partial charge is 0.191 e. The molecule has 100 valence electrons. The van der Waals surface area contributed by atoms with Crippen LogP contribution in [0.1, 0.15) is 29.9 Å². The molecule has 1 atom stereocenters. The van der Waals surface area contributed by atoms with E-state index in [-0.39, 0.29) is 5.25 Å². The number of aryl methyl sites for hydroxylation is 1. The van der Waals surface area contributed by atoms with Crippen molar-refractivity contribution in [3.05, 3.63) is 40.8 Å².